The molecule has 0 aromatic heterocycles. The zero-order chi connectivity index (χ0) is 19.1. The van der Waals surface area contributed by atoms with Gasteiger partial charge in [0.1, 0.15) is 17.2 Å². The Balaban J connectivity index is 2.13. The van der Waals surface area contributed by atoms with Crippen LogP contribution in [0.2, 0.25) is 0 Å². The Kier molecular flexibility index (Phi) is 6.89. The van der Waals surface area contributed by atoms with Crippen molar-refractivity contribution in [3.05, 3.63) is 53.6 Å². The SMILES string of the molecule is CC[C@@H](Oc1ccccc1C)C(=O)N[C@H](C)c1cc(OC)ccc1OC. The van der Waals surface area contributed by atoms with Gasteiger partial charge in [-0.25, -0.2) is 0 Å². The van der Waals surface area contributed by atoms with E-state index < -0.39 is 6.10 Å². The predicted octanol–water partition coefficient (Wildman–Crippen LogP) is 4.05. The molecule has 5 heteroatoms. The summed E-state index contributed by atoms with van der Waals surface area (Å²) in [5, 5.41) is 3.01. The third-order valence-corrected chi connectivity index (χ3v) is 4.29. The van der Waals surface area contributed by atoms with Gasteiger partial charge >= 0.3 is 0 Å². The van der Waals surface area contributed by atoms with Gasteiger partial charge in [0.25, 0.3) is 5.91 Å². The Bertz CT molecular complexity index is 745. The molecular weight excluding hydrogens is 330 g/mol. The molecule has 0 saturated heterocycles. The molecule has 26 heavy (non-hydrogen) atoms. The summed E-state index contributed by atoms with van der Waals surface area (Å²) in [5.74, 6) is 1.98. The monoisotopic (exact) mass is 357 g/mol. The molecule has 1 N–H and O–H groups in total. The first-order chi connectivity index (χ1) is 12.5. The number of methoxy groups -OCH3 is 2. The average Bonchev–Trinajstić information content (AvgIpc) is 2.66. The lowest BCUT2D eigenvalue weighted by molar-refractivity contribution is -0.128. The molecule has 2 rings (SSSR count). The summed E-state index contributed by atoms with van der Waals surface area (Å²) in [6.07, 6.45) is 0.0115. The van der Waals surface area contributed by atoms with Crippen LogP contribution in [0.15, 0.2) is 42.5 Å². The molecule has 2 aromatic rings. The lowest BCUT2D eigenvalue weighted by Gasteiger charge is -2.22. The molecule has 0 aliphatic carbocycles. The summed E-state index contributed by atoms with van der Waals surface area (Å²) in [4.78, 5) is 12.7. The maximum Gasteiger partial charge on any atom is 0.261 e. The average molecular weight is 357 g/mol. The van der Waals surface area contributed by atoms with Crippen LogP contribution in [0, 0.1) is 6.92 Å². The molecule has 5 nitrogen and oxygen atoms in total. The second-order valence-corrected chi connectivity index (χ2v) is 6.12. The molecule has 0 fully saturated rings. The molecule has 2 atom stereocenters. The first-order valence-corrected chi connectivity index (χ1v) is 8.74. The fourth-order valence-corrected chi connectivity index (χ4v) is 2.73. The largest absolute Gasteiger partial charge is 0.497 e. The lowest BCUT2D eigenvalue weighted by atomic mass is 10.1. The summed E-state index contributed by atoms with van der Waals surface area (Å²) < 4.78 is 16.6. The van der Waals surface area contributed by atoms with Crippen LogP contribution in [0.4, 0.5) is 0 Å². The van der Waals surface area contributed by atoms with Crippen LogP contribution in [0.1, 0.15) is 37.4 Å². The van der Waals surface area contributed by atoms with Gasteiger partial charge in [0.05, 0.1) is 20.3 Å². The quantitative estimate of drug-likeness (QED) is 0.774. The van der Waals surface area contributed by atoms with Gasteiger partial charge in [-0.2, -0.15) is 0 Å². The molecule has 0 aliphatic rings. The van der Waals surface area contributed by atoms with E-state index in [2.05, 4.69) is 5.32 Å². The zero-order valence-corrected chi connectivity index (χ0v) is 16.0. The van der Waals surface area contributed by atoms with Crippen LogP contribution in [0.3, 0.4) is 0 Å². The van der Waals surface area contributed by atoms with E-state index in [9.17, 15) is 4.79 Å². The van der Waals surface area contributed by atoms with E-state index in [0.29, 0.717) is 17.9 Å². The molecule has 0 spiro atoms. The summed E-state index contributed by atoms with van der Waals surface area (Å²) in [6.45, 7) is 5.80. The topological polar surface area (TPSA) is 56.8 Å². The van der Waals surface area contributed by atoms with Crippen LogP contribution in [-0.4, -0.2) is 26.2 Å². The molecule has 0 saturated carbocycles. The van der Waals surface area contributed by atoms with Crippen LogP contribution in [-0.2, 0) is 4.79 Å². The van der Waals surface area contributed by atoms with E-state index in [0.717, 1.165) is 16.9 Å². The van der Waals surface area contributed by atoms with E-state index in [4.69, 9.17) is 14.2 Å². The minimum Gasteiger partial charge on any atom is -0.497 e. The number of nitrogens with one attached hydrogen (secondary N) is 1. The van der Waals surface area contributed by atoms with Gasteiger partial charge in [0.15, 0.2) is 6.10 Å². The Labute approximate surface area is 155 Å². The van der Waals surface area contributed by atoms with Crippen LogP contribution >= 0.6 is 0 Å². The van der Waals surface area contributed by atoms with Crippen molar-refractivity contribution >= 4 is 5.91 Å². The van der Waals surface area contributed by atoms with Gasteiger partial charge in [-0.05, 0) is 50.1 Å². The number of rotatable bonds is 8. The highest BCUT2D eigenvalue weighted by Gasteiger charge is 2.23. The van der Waals surface area contributed by atoms with Crippen molar-refractivity contribution in [3.63, 3.8) is 0 Å². The molecule has 0 aliphatic heterocycles. The van der Waals surface area contributed by atoms with E-state index in [1.807, 2.05) is 63.2 Å². The smallest absolute Gasteiger partial charge is 0.261 e. The van der Waals surface area contributed by atoms with Gasteiger partial charge in [0.2, 0.25) is 0 Å². The summed E-state index contributed by atoms with van der Waals surface area (Å²) in [7, 11) is 3.22. The highest BCUT2D eigenvalue weighted by molar-refractivity contribution is 5.81. The molecule has 2 aromatic carbocycles. The van der Waals surface area contributed by atoms with Crippen LogP contribution in [0.5, 0.6) is 17.2 Å². The van der Waals surface area contributed by atoms with Gasteiger partial charge in [-0.1, -0.05) is 25.1 Å². The van der Waals surface area contributed by atoms with Crippen LogP contribution in [0.25, 0.3) is 0 Å². The number of para-hydroxylation sites is 1. The zero-order valence-electron chi connectivity index (χ0n) is 16.0. The third-order valence-electron chi connectivity index (χ3n) is 4.29. The van der Waals surface area contributed by atoms with E-state index in [1.165, 1.54) is 0 Å². The fourth-order valence-electron chi connectivity index (χ4n) is 2.73. The number of carbonyl (C=O) groups excluding carboxylic acids is 1. The third kappa shape index (κ3) is 4.69. The molecular formula is C21H27NO4. The maximum absolute atomic E-state index is 12.7. The van der Waals surface area contributed by atoms with E-state index in [1.54, 1.807) is 14.2 Å². The minimum absolute atomic E-state index is 0.159. The van der Waals surface area contributed by atoms with Gasteiger partial charge in [-0.15, -0.1) is 0 Å². The Morgan fingerprint density at radius 1 is 1.08 bits per heavy atom. The molecule has 0 heterocycles. The first-order valence-electron chi connectivity index (χ1n) is 8.74. The van der Waals surface area contributed by atoms with E-state index >= 15 is 0 Å². The highest BCUT2D eigenvalue weighted by atomic mass is 16.5. The second-order valence-electron chi connectivity index (χ2n) is 6.12. The molecule has 1 amide bonds. The van der Waals surface area contributed by atoms with Crippen molar-refractivity contribution in [3.8, 4) is 17.2 Å². The van der Waals surface area contributed by atoms with Crippen molar-refractivity contribution in [2.24, 2.45) is 0 Å². The first kappa shape index (κ1) is 19.6. The second kappa shape index (κ2) is 9.13. The molecule has 0 unspecified atom stereocenters. The van der Waals surface area contributed by atoms with Crippen LogP contribution < -0.4 is 19.5 Å². The summed E-state index contributed by atoms with van der Waals surface area (Å²) in [5.41, 5.74) is 1.85. The Morgan fingerprint density at radius 3 is 2.42 bits per heavy atom. The van der Waals surface area contributed by atoms with Gasteiger partial charge < -0.3 is 19.5 Å². The number of carbonyl (C=O) groups is 1. The maximum atomic E-state index is 12.7. The Hall–Kier alpha value is -2.69. The molecule has 140 valence electrons. The summed E-state index contributed by atoms with van der Waals surface area (Å²) >= 11 is 0. The van der Waals surface area contributed by atoms with Crippen molar-refractivity contribution in [2.75, 3.05) is 14.2 Å². The van der Waals surface area contributed by atoms with E-state index in [-0.39, 0.29) is 11.9 Å². The van der Waals surface area contributed by atoms with Crippen molar-refractivity contribution < 1.29 is 19.0 Å². The van der Waals surface area contributed by atoms with Crippen molar-refractivity contribution in [1.29, 1.82) is 0 Å². The lowest BCUT2D eigenvalue weighted by Crippen LogP contribution is -2.39. The number of aryl methyl sites for hydroxylation is 1. The summed E-state index contributed by atoms with van der Waals surface area (Å²) in [6, 6.07) is 13.0. The number of hydrogen-bond donors (Lipinski definition) is 1. The standard InChI is InChI=1S/C21H27NO4/c1-6-18(26-19-10-8-7-9-14(19)2)21(23)22-15(3)17-13-16(24-4)11-12-20(17)25-5/h7-13,15,18H,6H2,1-5H3,(H,22,23)/t15-,18-/m1/s1. The number of hydrogen-bond acceptors (Lipinski definition) is 4. The van der Waals surface area contributed by atoms with Crippen molar-refractivity contribution in [1.82, 2.24) is 5.32 Å². The van der Waals surface area contributed by atoms with Crippen molar-refractivity contribution in [2.45, 2.75) is 39.3 Å². The Morgan fingerprint density at radius 2 is 1.81 bits per heavy atom. The minimum atomic E-state index is -0.560. The highest BCUT2D eigenvalue weighted by Crippen LogP contribution is 2.29. The molecule has 0 radical (unpaired) electrons. The number of benzene rings is 2. The number of amides is 1. The van der Waals surface area contributed by atoms with Gasteiger partial charge in [0, 0.05) is 5.56 Å². The van der Waals surface area contributed by atoms with Gasteiger partial charge in [-0.3, -0.25) is 4.79 Å². The molecule has 0 bridgehead atoms. The normalized spacial score (nSPS) is 12.8. The number of ether oxygens (including phenoxy) is 3. The fraction of sp³-hybridized carbons (Fsp3) is 0.381. The predicted molar refractivity (Wildman–Crippen MR) is 102 cm³/mol.